The lowest BCUT2D eigenvalue weighted by molar-refractivity contribution is 0.100. The Bertz CT molecular complexity index is 204. The Kier molecular flexibility index (Phi) is 5.26. The quantitative estimate of drug-likeness (QED) is 0.733. The number of hydrogen-bond acceptors (Lipinski definition) is 3. The van der Waals surface area contributed by atoms with E-state index in [0.717, 1.165) is 5.92 Å². The van der Waals surface area contributed by atoms with Gasteiger partial charge in [-0.05, 0) is 51.9 Å². The first kappa shape index (κ1) is 13.3. The number of likely N-dealkylation sites (tertiary alicyclic amines) is 1. The van der Waals surface area contributed by atoms with Crippen molar-refractivity contribution in [2.24, 2.45) is 5.92 Å². The molecule has 3 heteroatoms. The fraction of sp³-hybridized carbons (Fsp3) is 1.00. The lowest BCUT2D eigenvalue weighted by Gasteiger charge is -2.38. The smallest absolute Gasteiger partial charge is 0.0110 e. The van der Waals surface area contributed by atoms with E-state index in [9.17, 15) is 0 Å². The normalized spacial score (nSPS) is 26.5. The second-order valence-corrected chi connectivity index (χ2v) is 5.89. The minimum Gasteiger partial charge on any atom is -0.306 e. The number of nitrogens with zero attached hydrogens (tertiary/aromatic N) is 3. The zero-order valence-electron chi connectivity index (χ0n) is 11.7. The van der Waals surface area contributed by atoms with Gasteiger partial charge < -0.3 is 14.7 Å². The Morgan fingerprint density at radius 3 is 2.06 bits per heavy atom. The van der Waals surface area contributed by atoms with Gasteiger partial charge in [-0.1, -0.05) is 6.92 Å². The van der Waals surface area contributed by atoms with Crippen LogP contribution in [0, 0.1) is 5.92 Å². The molecule has 0 saturated carbocycles. The monoisotopic (exact) mass is 239 g/mol. The summed E-state index contributed by atoms with van der Waals surface area (Å²) in [5.41, 5.74) is 0. The average Bonchev–Trinajstić information content (AvgIpc) is 2.35. The van der Waals surface area contributed by atoms with E-state index in [2.05, 4.69) is 28.7 Å². The third-order valence-corrected chi connectivity index (χ3v) is 4.36. The van der Waals surface area contributed by atoms with Crippen molar-refractivity contribution in [3.63, 3.8) is 0 Å². The predicted molar refractivity (Wildman–Crippen MR) is 73.4 cm³/mol. The molecular formula is C14H29N3. The van der Waals surface area contributed by atoms with E-state index < -0.39 is 0 Å². The maximum absolute atomic E-state index is 2.70. The number of piperidine rings is 1. The van der Waals surface area contributed by atoms with Gasteiger partial charge in [0.05, 0.1) is 0 Å². The summed E-state index contributed by atoms with van der Waals surface area (Å²) in [6.45, 7) is 12.7. The summed E-state index contributed by atoms with van der Waals surface area (Å²) in [7, 11) is 2.25. The van der Waals surface area contributed by atoms with E-state index in [4.69, 9.17) is 0 Å². The summed E-state index contributed by atoms with van der Waals surface area (Å²) in [6, 6.07) is 0. The summed E-state index contributed by atoms with van der Waals surface area (Å²) >= 11 is 0. The summed E-state index contributed by atoms with van der Waals surface area (Å²) in [5, 5.41) is 0. The van der Waals surface area contributed by atoms with Crippen LogP contribution in [-0.2, 0) is 0 Å². The maximum Gasteiger partial charge on any atom is 0.0110 e. The molecule has 2 heterocycles. The topological polar surface area (TPSA) is 9.72 Å². The van der Waals surface area contributed by atoms with Crippen LogP contribution >= 0.6 is 0 Å². The highest BCUT2D eigenvalue weighted by Crippen LogP contribution is 2.18. The molecule has 0 aliphatic carbocycles. The SMILES string of the molecule is CCCN1CCN(CC2CCN(C)CC2)CC1. The van der Waals surface area contributed by atoms with Crippen molar-refractivity contribution in [1.29, 1.82) is 0 Å². The van der Waals surface area contributed by atoms with Crippen LogP contribution in [0.4, 0.5) is 0 Å². The van der Waals surface area contributed by atoms with Crippen molar-refractivity contribution in [1.82, 2.24) is 14.7 Å². The molecule has 0 atom stereocenters. The zero-order chi connectivity index (χ0) is 12.1. The molecule has 0 bridgehead atoms. The summed E-state index contributed by atoms with van der Waals surface area (Å²) < 4.78 is 0. The summed E-state index contributed by atoms with van der Waals surface area (Å²) in [5.74, 6) is 0.962. The highest BCUT2D eigenvalue weighted by molar-refractivity contribution is 4.77. The van der Waals surface area contributed by atoms with Crippen LogP contribution in [0.5, 0.6) is 0 Å². The minimum absolute atomic E-state index is 0.962. The lowest BCUT2D eigenvalue weighted by atomic mass is 9.96. The fourth-order valence-electron chi connectivity index (χ4n) is 3.12. The van der Waals surface area contributed by atoms with Crippen LogP contribution in [0.3, 0.4) is 0 Å². The second-order valence-electron chi connectivity index (χ2n) is 5.89. The van der Waals surface area contributed by atoms with Crippen LogP contribution in [0.1, 0.15) is 26.2 Å². The summed E-state index contributed by atoms with van der Waals surface area (Å²) in [4.78, 5) is 7.78. The molecule has 100 valence electrons. The first-order valence-electron chi connectivity index (χ1n) is 7.41. The van der Waals surface area contributed by atoms with E-state index in [0.29, 0.717) is 0 Å². The predicted octanol–water partition coefficient (Wildman–Crippen LogP) is 1.36. The molecule has 0 aromatic rings. The zero-order valence-corrected chi connectivity index (χ0v) is 11.7. The van der Waals surface area contributed by atoms with Crippen LogP contribution in [0.25, 0.3) is 0 Å². The molecule has 2 saturated heterocycles. The first-order valence-corrected chi connectivity index (χ1v) is 7.41. The molecule has 0 aromatic carbocycles. The molecule has 0 aromatic heterocycles. The van der Waals surface area contributed by atoms with Gasteiger partial charge in [-0.25, -0.2) is 0 Å². The van der Waals surface area contributed by atoms with Crippen molar-refractivity contribution < 1.29 is 0 Å². The summed E-state index contributed by atoms with van der Waals surface area (Å²) in [6.07, 6.45) is 4.12. The molecule has 0 spiro atoms. The standard InChI is InChI=1S/C14H29N3/c1-3-6-16-9-11-17(12-10-16)13-14-4-7-15(2)8-5-14/h14H,3-13H2,1-2H3. The molecular weight excluding hydrogens is 210 g/mol. The molecule has 0 amide bonds. The van der Waals surface area contributed by atoms with Crippen LogP contribution in [0.2, 0.25) is 0 Å². The molecule has 3 nitrogen and oxygen atoms in total. The molecule has 2 aliphatic rings. The van der Waals surface area contributed by atoms with Crippen LogP contribution < -0.4 is 0 Å². The van der Waals surface area contributed by atoms with Crippen LogP contribution in [0.15, 0.2) is 0 Å². The molecule has 2 fully saturated rings. The molecule has 0 radical (unpaired) electrons. The van der Waals surface area contributed by atoms with E-state index in [1.54, 1.807) is 0 Å². The average molecular weight is 239 g/mol. The van der Waals surface area contributed by atoms with Gasteiger partial charge >= 0.3 is 0 Å². The van der Waals surface area contributed by atoms with Gasteiger partial charge in [-0.3, -0.25) is 0 Å². The molecule has 0 unspecified atom stereocenters. The molecule has 17 heavy (non-hydrogen) atoms. The molecule has 2 aliphatic heterocycles. The highest BCUT2D eigenvalue weighted by atomic mass is 15.3. The number of hydrogen-bond donors (Lipinski definition) is 0. The van der Waals surface area contributed by atoms with Gasteiger partial charge in [-0.2, -0.15) is 0 Å². The van der Waals surface area contributed by atoms with Crippen LogP contribution in [-0.4, -0.2) is 74.1 Å². The Labute approximate surface area is 107 Å². The van der Waals surface area contributed by atoms with Crippen molar-refractivity contribution in [3.05, 3.63) is 0 Å². The van der Waals surface area contributed by atoms with Gasteiger partial charge in [0.1, 0.15) is 0 Å². The molecule has 0 N–H and O–H groups in total. The minimum atomic E-state index is 0.962. The lowest BCUT2D eigenvalue weighted by Crippen LogP contribution is -2.48. The van der Waals surface area contributed by atoms with Gasteiger partial charge in [0, 0.05) is 32.7 Å². The largest absolute Gasteiger partial charge is 0.306 e. The van der Waals surface area contributed by atoms with Crippen molar-refractivity contribution >= 4 is 0 Å². The molecule has 2 rings (SSSR count). The third kappa shape index (κ3) is 4.23. The fourth-order valence-corrected chi connectivity index (χ4v) is 3.12. The van der Waals surface area contributed by atoms with Gasteiger partial charge in [0.2, 0.25) is 0 Å². The van der Waals surface area contributed by atoms with E-state index in [-0.39, 0.29) is 0 Å². The van der Waals surface area contributed by atoms with Crippen molar-refractivity contribution in [2.75, 3.05) is 59.4 Å². The second kappa shape index (κ2) is 6.72. The van der Waals surface area contributed by atoms with Crippen molar-refractivity contribution in [2.45, 2.75) is 26.2 Å². The van der Waals surface area contributed by atoms with E-state index in [1.165, 1.54) is 71.6 Å². The Morgan fingerprint density at radius 2 is 1.47 bits per heavy atom. The third-order valence-electron chi connectivity index (χ3n) is 4.36. The van der Waals surface area contributed by atoms with Gasteiger partial charge in [0.25, 0.3) is 0 Å². The highest BCUT2D eigenvalue weighted by Gasteiger charge is 2.22. The van der Waals surface area contributed by atoms with Gasteiger partial charge in [0.15, 0.2) is 0 Å². The Hall–Kier alpha value is -0.120. The maximum atomic E-state index is 2.70. The van der Waals surface area contributed by atoms with E-state index in [1.807, 2.05) is 0 Å². The first-order chi connectivity index (χ1) is 8.28. The Balaban J connectivity index is 1.64. The van der Waals surface area contributed by atoms with E-state index >= 15 is 0 Å². The van der Waals surface area contributed by atoms with Crippen molar-refractivity contribution in [3.8, 4) is 0 Å². The Morgan fingerprint density at radius 1 is 0.882 bits per heavy atom. The number of piperazine rings is 1. The van der Waals surface area contributed by atoms with Gasteiger partial charge in [-0.15, -0.1) is 0 Å². The number of rotatable bonds is 4.